The van der Waals surface area contributed by atoms with Crippen molar-refractivity contribution in [1.29, 1.82) is 0 Å². The van der Waals surface area contributed by atoms with Gasteiger partial charge < -0.3 is 20.1 Å². The van der Waals surface area contributed by atoms with E-state index in [0.29, 0.717) is 22.7 Å². The molecule has 0 spiro atoms. The molecular formula is C19H22N2O4. The Morgan fingerprint density at radius 3 is 2.52 bits per heavy atom. The van der Waals surface area contributed by atoms with Gasteiger partial charge in [0.05, 0.1) is 12.8 Å². The Bertz CT molecular complexity index is 774. The molecule has 2 aromatic carbocycles. The summed E-state index contributed by atoms with van der Waals surface area (Å²) in [4.78, 5) is 24.2. The van der Waals surface area contributed by atoms with Crippen molar-refractivity contribution in [2.75, 3.05) is 19.5 Å². The molecule has 6 nitrogen and oxygen atoms in total. The van der Waals surface area contributed by atoms with Crippen LogP contribution in [-0.2, 0) is 4.79 Å². The summed E-state index contributed by atoms with van der Waals surface area (Å²) in [6, 6.07) is 12.3. The number of amides is 2. The number of methoxy groups -OCH3 is 1. The van der Waals surface area contributed by atoms with Gasteiger partial charge in [-0.2, -0.15) is 0 Å². The Kier molecular flexibility index (Phi) is 6.00. The van der Waals surface area contributed by atoms with Gasteiger partial charge in [0.1, 0.15) is 11.5 Å². The fraction of sp³-hybridized carbons (Fsp3) is 0.263. The van der Waals surface area contributed by atoms with Crippen LogP contribution in [0.15, 0.2) is 42.5 Å². The summed E-state index contributed by atoms with van der Waals surface area (Å²) < 4.78 is 10.9. The van der Waals surface area contributed by atoms with Gasteiger partial charge in [-0.3, -0.25) is 9.59 Å². The van der Waals surface area contributed by atoms with E-state index in [0.717, 1.165) is 5.56 Å². The SMILES string of the molecule is CNC(=O)c1ccc(OC)c(NC(=O)C(C)Oc2cccc(C)c2)c1. The average Bonchev–Trinajstić information content (AvgIpc) is 2.60. The number of carbonyl (C=O) groups excluding carboxylic acids is 2. The van der Waals surface area contributed by atoms with Crippen LogP contribution >= 0.6 is 0 Å². The number of hydrogen-bond donors (Lipinski definition) is 2. The highest BCUT2D eigenvalue weighted by Crippen LogP contribution is 2.26. The van der Waals surface area contributed by atoms with Gasteiger partial charge in [0.2, 0.25) is 0 Å². The standard InChI is InChI=1S/C19H22N2O4/c1-12-6-5-7-15(10-12)25-13(2)18(22)21-16-11-14(19(23)20-3)8-9-17(16)24-4/h5-11,13H,1-4H3,(H,20,23)(H,21,22). The molecule has 0 heterocycles. The van der Waals surface area contributed by atoms with Crippen LogP contribution in [0.4, 0.5) is 5.69 Å². The Labute approximate surface area is 147 Å². The summed E-state index contributed by atoms with van der Waals surface area (Å²) in [6.07, 6.45) is -0.713. The molecule has 0 bridgehead atoms. The third-order valence-corrected chi connectivity index (χ3v) is 3.62. The summed E-state index contributed by atoms with van der Waals surface area (Å²) >= 11 is 0. The quantitative estimate of drug-likeness (QED) is 0.846. The maximum Gasteiger partial charge on any atom is 0.265 e. The third-order valence-electron chi connectivity index (χ3n) is 3.62. The van der Waals surface area contributed by atoms with Crippen molar-refractivity contribution in [1.82, 2.24) is 5.32 Å². The number of benzene rings is 2. The normalized spacial score (nSPS) is 11.4. The van der Waals surface area contributed by atoms with Crippen molar-refractivity contribution in [3.63, 3.8) is 0 Å². The number of nitrogens with one attached hydrogen (secondary N) is 2. The van der Waals surface area contributed by atoms with E-state index < -0.39 is 6.10 Å². The monoisotopic (exact) mass is 342 g/mol. The van der Waals surface area contributed by atoms with E-state index in [1.165, 1.54) is 7.11 Å². The molecule has 0 aliphatic rings. The Morgan fingerprint density at radius 1 is 1.12 bits per heavy atom. The topological polar surface area (TPSA) is 76.7 Å². The Hall–Kier alpha value is -3.02. The minimum Gasteiger partial charge on any atom is -0.495 e. The summed E-state index contributed by atoms with van der Waals surface area (Å²) in [7, 11) is 3.04. The zero-order valence-electron chi connectivity index (χ0n) is 14.8. The second-order valence-corrected chi connectivity index (χ2v) is 5.56. The molecule has 0 aromatic heterocycles. The number of rotatable bonds is 6. The molecule has 0 fully saturated rings. The summed E-state index contributed by atoms with van der Waals surface area (Å²) in [5.74, 6) is 0.494. The van der Waals surface area contributed by atoms with Crippen LogP contribution < -0.4 is 20.1 Å². The first kappa shape index (κ1) is 18.3. The average molecular weight is 342 g/mol. The van der Waals surface area contributed by atoms with Gasteiger partial charge in [-0.15, -0.1) is 0 Å². The fourth-order valence-electron chi connectivity index (χ4n) is 2.27. The zero-order chi connectivity index (χ0) is 18.4. The first-order valence-electron chi connectivity index (χ1n) is 7.89. The minimum absolute atomic E-state index is 0.248. The van der Waals surface area contributed by atoms with E-state index in [4.69, 9.17) is 9.47 Å². The lowest BCUT2D eigenvalue weighted by Crippen LogP contribution is -2.30. The summed E-state index contributed by atoms with van der Waals surface area (Å²) in [5, 5.41) is 5.29. The van der Waals surface area contributed by atoms with Crippen LogP contribution in [0.25, 0.3) is 0 Å². The third kappa shape index (κ3) is 4.73. The van der Waals surface area contributed by atoms with Crippen LogP contribution in [0.5, 0.6) is 11.5 Å². The van der Waals surface area contributed by atoms with Crippen molar-refractivity contribution in [2.24, 2.45) is 0 Å². The molecule has 0 radical (unpaired) electrons. The predicted molar refractivity (Wildman–Crippen MR) is 96.3 cm³/mol. The molecule has 25 heavy (non-hydrogen) atoms. The van der Waals surface area contributed by atoms with Gasteiger partial charge >= 0.3 is 0 Å². The number of aryl methyl sites for hydroxylation is 1. The fourth-order valence-corrected chi connectivity index (χ4v) is 2.27. The maximum absolute atomic E-state index is 12.4. The van der Waals surface area contributed by atoms with Crippen molar-refractivity contribution >= 4 is 17.5 Å². The number of hydrogen-bond acceptors (Lipinski definition) is 4. The van der Waals surface area contributed by atoms with Gasteiger partial charge in [0.25, 0.3) is 11.8 Å². The van der Waals surface area contributed by atoms with Crippen molar-refractivity contribution in [2.45, 2.75) is 20.0 Å². The maximum atomic E-state index is 12.4. The van der Waals surface area contributed by atoms with Gasteiger partial charge in [0.15, 0.2) is 6.10 Å². The second-order valence-electron chi connectivity index (χ2n) is 5.56. The van der Waals surface area contributed by atoms with Crippen LogP contribution in [0, 0.1) is 6.92 Å². The van der Waals surface area contributed by atoms with E-state index in [-0.39, 0.29) is 11.8 Å². The van der Waals surface area contributed by atoms with Crippen LogP contribution in [0.2, 0.25) is 0 Å². The highest BCUT2D eigenvalue weighted by molar-refractivity contribution is 5.99. The predicted octanol–water partition coefficient (Wildman–Crippen LogP) is 2.77. The molecule has 6 heteroatoms. The molecular weight excluding hydrogens is 320 g/mol. The Morgan fingerprint density at radius 2 is 1.88 bits per heavy atom. The van der Waals surface area contributed by atoms with Crippen LogP contribution in [-0.4, -0.2) is 32.1 Å². The molecule has 0 aliphatic carbocycles. The molecule has 2 aromatic rings. The van der Waals surface area contributed by atoms with Gasteiger partial charge in [-0.05, 0) is 49.7 Å². The molecule has 1 atom stereocenters. The number of carbonyl (C=O) groups is 2. The highest BCUT2D eigenvalue weighted by Gasteiger charge is 2.18. The van der Waals surface area contributed by atoms with Gasteiger partial charge in [-0.25, -0.2) is 0 Å². The van der Waals surface area contributed by atoms with E-state index in [1.54, 1.807) is 38.2 Å². The first-order chi connectivity index (χ1) is 11.9. The van der Waals surface area contributed by atoms with E-state index in [1.807, 2.05) is 25.1 Å². The Balaban J connectivity index is 2.14. The van der Waals surface area contributed by atoms with Crippen molar-refractivity contribution in [3.05, 3.63) is 53.6 Å². The first-order valence-corrected chi connectivity index (χ1v) is 7.89. The van der Waals surface area contributed by atoms with Gasteiger partial charge in [-0.1, -0.05) is 12.1 Å². The molecule has 132 valence electrons. The molecule has 0 saturated carbocycles. The molecule has 2 N–H and O–H groups in total. The summed E-state index contributed by atoms with van der Waals surface area (Å²) in [5.41, 5.74) is 1.88. The number of ether oxygens (including phenoxy) is 2. The largest absolute Gasteiger partial charge is 0.495 e. The van der Waals surface area contributed by atoms with E-state index >= 15 is 0 Å². The second kappa shape index (κ2) is 8.19. The molecule has 2 rings (SSSR count). The van der Waals surface area contributed by atoms with Crippen LogP contribution in [0.3, 0.4) is 0 Å². The smallest absolute Gasteiger partial charge is 0.265 e. The lowest BCUT2D eigenvalue weighted by Gasteiger charge is -2.17. The molecule has 0 aliphatic heterocycles. The zero-order valence-corrected chi connectivity index (χ0v) is 14.8. The molecule has 2 amide bonds. The van der Waals surface area contributed by atoms with Gasteiger partial charge in [0, 0.05) is 12.6 Å². The van der Waals surface area contributed by atoms with Crippen LogP contribution in [0.1, 0.15) is 22.8 Å². The van der Waals surface area contributed by atoms with Crippen molar-refractivity contribution < 1.29 is 19.1 Å². The number of anilines is 1. The lowest BCUT2D eigenvalue weighted by molar-refractivity contribution is -0.122. The minimum atomic E-state index is -0.713. The highest BCUT2D eigenvalue weighted by atomic mass is 16.5. The molecule has 0 saturated heterocycles. The van der Waals surface area contributed by atoms with E-state index in [2.05, 4.69) is 10.6 Å². The van der Waals surface area contributed by atoms with E-state index in [9.17, 15) is 9.59 Å². The lowest BCUT2D eigenvalue weighted by atomic mass is 10.1. The summed E-state index contributed by atoms with van der Waals surface area (Å²) in [6.45, 7) is 3.61. The molecule has 1 unspecified atom stereocenters. The van der Waals surface area contributed by atoms with Crippen molar-refractivity contribution in [3.8, 4) is 11.5 Å².